The second-order valence-electron chi connectivity index (χ2n) is 7.73. The number of benzene rings is 1. The van der Waals surface area contributed by atoms with Crippen LogP contribution in [0.5, 0.6) is 5.75 Å². The number of methoxy groups -OCH3 is 1. The lowest BCUT2D eigenvalue weighted by Crippen LogP contribution is -2.34. The van der Waals surface area contributed by atoms with Crippen LogP contribution in [0, 0.1) is 6.92 Å². The molecule has 0 spiro atoms. The Bertz CT molecular complexity index is 1000. The molecule has 1 atom stereocenters. The van der Waals surface area contributed by atoms with Gasteiger partial charge in [-0.2, -0.15) is 5.10 Å². The number of H-pyrrole nitrogens is 1. The summed E-state index contributed by atoms with van der Waals surface area (Å²) < 4.78 is 5.38. The lowest BCUT2D eigenvalue weighted by Gasteiger charge is -2.32. The molecule has 156 valence electrons. The molecule has 2 N–H and O–H groups in total. The van der Waals surface area contributed by atoms with Crippen molar-refractivity contribution in [3.63, 3.8) is 0 Å². The van der Waals surface area contributed by atoms with E-state index in [2.05, 4.69) is 25.4 Å². The molecule has 1 unspecified atom stereocenters. The molecule has 7 heteroatoms. The number of aryl methyl sites for hydroxylation is 1. The van der Waals surface area contributed by atoms with Gasteiger partial charge in [-0.25, -0.2) is 0 Å². The van der Waals surface area contributed by atoms with Crippen molar-refractivity contribution in [2.24, 2.45) is 0 Å². The molecular weight excluding hydrogens is 378 g/mol. The first-order chi connectivity index (χ1) is 14.6. The maximum Gasteiger partial charge on any atom is 0.255 e. The predicted octanol–water partition coefficient (Wildman–Crippen LogP) is 3.75. The van der Waals surface area contributed by atoms with Gasteiger partial charge in [0.2, 0.25) is 0 Å². The smallest absolute Gasteiger partial charge is 0.255 e. The van der Waals surface area contributed by atoms with Gasteiger partial charge in [-0.1, -0.05) is 18.2 Å². The molecule has 1 amide bonds. The Labute approximate surface area is 176 Å². The maximum atomic E-state index is 12.6. The zero-order valence-electron chi connectivity index (χ0n) is 17.4. The van der Waals surface area contributed by atoms with Gasteiger partial charge < -0.3 is 10.1 Å². The van der Waals surface area contributed by atoms with Crippen molar-refractivity contribution in [2.45, 2.75) is 32.2 Å². The highest BCUT2D eigenvalue weighted by atomic mass is 16.5. The number of amides is 1. The summed E-state index contributed by atoms with van der Waals surface area (Å²) in [6.45, 7) is 4.66. The third kappa shape index (κ3) is 4.68. The van der Waals surface area contributed by atoms with Crippen LogP contribution < -0.4 is 10.1 Å². The summed E-state index contributed by atoms with van der Waals surface area (Å²) in [6, 6.07) is 13.2. The monoisotopic (exact) mass is 405 g/mol. The van der Waals surface area contributed by atoms with E-state index in [1.165, 1.54) is 0 Å². The number of aromatic nitrogens is 3. The molecule has 1 aliphatic heterocycles. The average molecular weight is 406 g/mol. The third-order valence-corrected chi connectivity index (χ3v) is 5.47. The summed E-state index contributed by atoms with van der Waals surface area (Å²) in [4.78, 5) is 19.6. The topological polar surface area (TPSA) is 83.1 Å². The molecule has 1 aliphatic rings. The number of hydrogen-bond donors (Lipinski definition) is 2. The largest absolute Gasteiger partial charge is 0.497 e. The molecule has 0 radical (unpaired) electrons. The summed E-state index contributed by atoms with van der Waals surface area (Å²) in [5, 5.41) is 10.3. The van der Waals surface area contributed by atoms with Gasteiger partial charge in [-0.05, 0) is 38.4 Å². The predicted molar refractivity (Wildman–Crippen MR) is 116 cm³/mol. The van der Waals surface area contributed by atoms with E-state index in [1.54, 1.807) is 25.4 Å². The fourth-order valence-electron chi connectivity index (χ4n) is 4.06. The quantitative estimate of drug-likeness (QED) is 0.653. The van der Waals surface area contributed by atoms with E-state index in [9.17, 15) is 4.79 Å². The molecule has 1 saturated heterocycles. The number of nitrogens with zero attached hydrogens (tertiary/aromatic N) is 3. The van der Waals surface area contributed by atoms with E-state index in [0.29, 0.717) is 5.56 Å². The first-order valence-electron chi connectivity index (χ1n) is 10.3. The van der Waals surface area contributed by atoms with Gasteiger partial charge in [0.25, 0.3) is 5.91 Å². The first-order valence-corrected chi connectivity index (χ1v) is 10.3. The maximum absolute atomic E-state index is 12.6. The summed E-state index contributed by atoms with van der Waals surface area (Å²) in [7, 11) is 1.68. The molecule has 3 heterocycles. The third-order valence-electron chi connectivity index (χ3n) is 5.47. The van der Waals surface area contributed by atoms with E-state index < -0.39 is 0 Å². The molecule has 0 saturated carbocycles. The van der Waals surface area contributed by atoms with Gasteiger partial charge in [0.1, 0.15) is 5.75 Å². The van der Waals surface area contributed by atoms with E-state index in [0.717, 1.165) is 61.0 Å². The molecule has 0 bridgehead atoms. The molecule has 3 aromatic rings. The summed E-state index contributed by atoms with van der Waals surface area (Å²) in [5.74, 6) is 0.992. The van der Waals surface area contributed by atoms with Crippen LogP contribution in [0.25, 0.3) is 0 Å². The molecule has 4 rings (SSSR count). The highest BCUT2D eigenvalue weighted by Gasteiger charge is 2.26. The number of hydrogen-bond acceptors (Lipinski definition) is 5. The van der Waals surface area contributed by atoms with E-state index >= 15 is 0 Å². The Morgan fingerprint density at radius 1 is 1.30 bits per heavy atom. The summed E-state index contributed by atoms with van der Waals surface area (Å²) in [5.41, 5.74) is 4.34. The normalized spacial score (nSPS) is 16.9. The van der Waals surface area contributed by atoms with Crippen LogP contribution in [0.3, 0.4) is 0 Å². The molecule has 1 fully saturated rings. The minimum absolute atomic E-state index is 0.123. The standard InChI is InChI=1S/C23H27N5O2/c1-16-11-20(30-2)12-19(25-16)15-28-10-6-9-18(14-28)22-21(13-24-27-22)26-23(29)17-7-4-3-5-8-17/h3-5,7-8,11-13,18H,6,9-10,14-15H2,1-2H3,(H,24,27)(H,26,29). The number of rotatable bonds is 6. The zero-order valence-corrected chi connectivity index (χ0v) is 17.4. The van der Waals surface area contributed by atoms with Crippen molar-refractivity contribution < 1.29 is 9.53 Å². The Hall–Kier alpha value is -3.19. The van der Waals surface area contributed by atoms with Crippen molar-refractivity contribution in [2.75, 3.05) is 25.5 Å². The molecular formula is C23H27N5O2. The number of pyridine rings is 1. The number of likely N-dealkylation sites (tertiary alicyclic amines) is 1. The lowest BCUT2D eigenvalue weighted by molar-refractivity contribution is 0.102. The number of carbonyl (C=O) groups excluding carboxylic acids is 1. The van der Waals surface area contributed by atoms with E-state index in [4.69, 9.17) is 4.74 Å². The number of carbonyl (C=O) groups is 1. The van der Waals surface area contributed by atoms with Crippen molar-refractivity contribution >= 4 is 11.6 Å². The van der Waals surface area contributed by atoms with Crippen molar-refractivity contribution in [3.05, 3.63) is 71.3 Å². The molecule has 2 aromatic heterocycles. The molecule has 1 aromatic carbocycles. The molecule has 30 heavy (non-hydrogen) atoms. The Morgan fingerprint density at radius 2 is 2.13 bits per heavy atom. The van der Waals surface area contributed by atoms with Crippen LogP contribution in [0.2, 0.25) is 0 Å². The number of anilines is 1. The lowest BCUT2D eigenvalue weighted by atomic mass is 9.94. The van der Waals surface area contributed by atoms with Crippen LogP contribution in [-0.4, -0.2) is 46.2 Å². The van der Waals surface area contributed by atoms with Crippen molar-refractivity contribution in [3.8, 4) is 5.75 Å². The molecule has 0 aliphatic carbocycles. The van der Waals surface area contributed by atoms with Gasteiger partial charge >= 0.3 is 0 Å². The highest BCUT2D eigenvalue weighted by Crippen LogP contribution is 2.31. The van der Waals surface area contributed by atoms with Crippen LogP contribution in [0.4, 0.5) is 5.69 Å². The Balaban J connectivity index is 1.45. The highest BCUT2D eigenvalue weighted by molar-refractivity contribution is 6.04. The number of aromatic amines is 1. The average Bonchev–Trinajstić information content (AvgIpc) is 3.22. The second-order valence-corrected chi connectivity index (χ2v) is 7.73. The SMILES string of the molecule is COc1cc(C)nc(CN2CCCC(c3[nH]ncc3NC(=O)c3ccccc3)C2)c1. The number of nitrogens with one attached hydrogen (secondary N) is 2. The van der Waals surface area contributed by atoms with Gasteiger partial charge in [0.15, 0.2) is 0 Å². The Kier molecular flexibility index (Phi) is 6.09. The van der Waals surface area contributed by atoms with Crippen LogP contribution in [0.15, 0.2) is 48.7 Å². The minimum atomic E-state index is -0.123. The van der Waals surface area contributed by atoms with E-state index in [-0.39, 0.29) is 11.8 Å². The fraction of sp³-hybridized carbons (Fsp3) is 0.348. The van der Waals surface area contributed by atoms with Gasteiger partial charge in [-0.15, -0.1) is 0 Å². The number of piperidine rings is 1. The Morgan fingerprint density at radius 3 is 2.93 bits per heavy atom. The minimum Gasteiger partial charge on any atom is -0.497 e. The number of ether oxygens (including phenoxy) is 1. The fourth-order valence-corrected chi connectivity index (χ4v) is 4.06. The van der Waals surface area contributed by atoms with Crippen LogP contribution >= 0.6 is 0 Å². The van der Waals surface area contributed by atoms with Crippen molar-refractivity contribution in [1.82, 2.24) is 20.1 Å². The first kappa shape index (κ1) is 20.1. The second kappa shape index (κ2) is 9.09. The van der Waals surface area contributed by atoms with Crippen LogP contribution in [-0.2, 0) is 6.54 Å². The van der Waals surface area contributed by atoms with Gasteiger partial charge in [-0.3, -0.25) is 19.8 Å². The zero-order chi connectivity index (χ0) is 20.9. The molecule has 7 nitrogen and oxygen atoms in total. The summed E-state index contributed by atoms with van der Waals surface area (Å²) in [6.07, 6.45) is 3.83. The van der Waals surface area contributed by atoms with Gasteiger partial charge in [0.05, 0.1) is 30.4 Å². The van der Waals surface area contributed by atoms with Gasteiger partial charge in [0, 0.05) is 42.4 Å². The van der Waals surface area contributed by atoms with Crippen molar-refractivity contribution in [1.29, 1.82) is 0 Å². The summed E-state index contributed by atoms with van der Waals surface area (Å²) >= 11 is 0. The van der Waals surface area contributed by atoms with E-state index in [1.807, 2.05) is 37.3 Å². The van der Waals surface area contributed by atoms with Crippen LogP contribution in [0.1, 0.15) is 46.2 Å².